The molecule has 1 N–H and O–H groups in total. The Kier molecular flexibility index (Phi) is 5.20. The van der Waals surface area contributed by atoms with Crippen LogP contribution < -0.4 is 5.56 Å². The number of aryl methyl sites for hydroxylation is 2. The van der Waals surface area contributed by atoms with Crippen LogP contribution in [0.15, 0.2) is 41.5 Å². The molecule has 0 saturated carbocycles. The van der Waals surface area contributed by atoms with Gasteiger partial charge in [0.15, 0.2) is 5.82 Å². The average molecular weight is 433 g/mol. The minimum Gasteiger partial charge on any atom is -0.293 e. The van der Waals surface area contributed by atoms with Gasteiger partial charge in [0.1, 0.15) is 12.1 Å². The van der Waals surface area contributed by atoms with Crippen molar-refractivity contribution < 1.29 is 4.39 Å². The summed E-state index contributed by atoms with van der Waals surface area (Å²) >= 11 is 0. The van der Waals surface area contributed by atoms with Crippen LogP contribution in [-0.4, -0.2) is 29.5 Å². The molecule has 5 rings (SSSR count). The number of nitrogens with zero attached hydrogens (tertiary/aromatic N) is 5. The summed E-state index contributed by atoms with van der Waals surface area (Å²) in [6.07, 6.45) is 6.65. The first kappa shape index (κ1) is 20.4. The first-order chi connectivity index (χ1) is 15.5. The van der Waals surface area contributed by atoms with Crippen molar-refractivity contribution >= 4 is 0 Å². The van der Waals surface area contributed by atoms with E-state index in [1.807, 2.05) is 17.8 Å². The standard InChI is InChI=1S/C24H25FN6O/c1-3-18-21(28-30(2)23(18)15-8-10-16(25)11-9-15)12-17-13-22(27-14-26-17)31-24(32)19-6-4-5-7-20(19)29-31/h8-11,13-14,29H,3-7,12H2,1-2H3. The Hall–Kier alpha value is -3.55. The summed E-state index contributed by atoms with van der Waals surface area (Å²) in [6, 6.07) is 8.32. The van der Waals surface area contributed by atoms with Crippen LogP contribution in [0.2, 0.25) is 0 Å². The highest BCUT2D eigenvalue weighted by atomic mass is 19.1. The molecule has 0 aliphatic heterocycles. The maximum Gasteiger partial charge on any atom is 0.276 e. The molecular weight excluding hydrogens is 407 g/mol. The molecule has 8 heteroatoms. The lowest BCUT2D eigenvalue weighted by Gasteiger charge is -2.07. The lowest BCUT2D eigenvalue weighted by molar-refractivity contribution is 0.628. The van der Waals surface area contributed by atoms with Crippen LogP contribution in [0.25, 0.3) is 17.1 Å². The van der Waals surface area contributed by atoms with E-state index in [9.17, 15) is 9.18 Å². The zero-order chi connectivity index (χ0) is 22.2. The summed E-state index contributed by atoms with van der Waals surface area (Å²) in [6.45, 7) is 2.09. The highest BCUT2D eigenvalue weighted by molar-refractivity contribution is 5.65. The van der Waals surface area contributed by atoms with Crippen LogP contribution in [-0.2, 0) is 32.7 Å². The molecule has 32 heavy (non-hydrogen) atoms. The van der Waals surface area contributed by atoms with E-state index in [1.54, 1.807) is 12.1 Å². The van der Waals surface area contributed by atoms with E-state index in [4.69, 9.17) is 5.10 Å². The highest BCUT2D eigenvalue weighted by Crippen LogP contribution is 2.28. The van der Waals surface area contributed by atoms with Crippen molar-refractivity contribution in [2.45, 2.75) is 45.4 Å². The smallest absolute Gasteiger partial charge is 0.276 e. The van der Waals surface area contributed by atoms with Gasteiger partial charge in [-0.1, -0.05) is 6.92 Å². The molecular formula is C24H25FN6O. The van der Waals surface area contributed by atoms with E-state index < -0.39 is 0 Å². The molecule has 0 radical (unpaired) electrons. The van der Waals surface area contributed by atoms with Gasteiger partial charge in [-0.3, -0.25) is 14.6 Å². The van der Waals surface area contributed by atoms with Gasteiger partial charge in [0.2, 0.25) is 0 Å². The predicted octanol–water partition coefficient (Wildman–Crippen LogP) is 3.53. The molecule has 0 spiro atoms. The van der Waals surface area contributed by atoms with E-state index in [2.05, 4.69) is 22.0 Å². The number of fused-ring (bicyclic) bond motifs is 1. The van der Waals surface area contributed by atoms with E-state index >= 15 is 0 Å². The maximum absolute atomic E-state index is 13.4. The molecule has 1 aromatic carbocycles. The Balaban J connectivity index is 1.49. The number of H-pyrrole nitrogens is 1. The van der Waals surface area contributed by atoms with Gasteiger partial charge in [-0.25, -0.2) is 19.0 Å². The van der Waals surface area contributed by atoms with Crippen LogP contribution in [0, 0.1) is 5.82 Å². The molecule has 0 saturated heterocycles. The lowest BCUT2D eigenvalue weighted by atomic mass is 9.98. The number of halogens is 1. The quantitative estimate of drug-likeness (QED) is 0.523. The van der Waals surface area contributed by atoms with Gasteiger partial charge in [0.25, 0.3) is 5.56 Å². The molecule has 0 atom stereocenters. The largest absolute Gasteiger partial charge is 0.293 e. The second kappa shape index (κ2) is 8.18. The van der Waals surface area contributed by atoms with Crippen LogP contribution in [0.5, 0.6) is 0 Å². The molecule has 164 valence electrons. The first-order valence-electron chi connectivity index (χ1n) is 11.0. The summed E-state index contributed by atoms with van der Waals surface area (Å²) in [5, 5.41) is 7.97. The van der Waals surface area contributed by atoms with Crippen molar-refractivity contribution in [3.8, 4) is 17.1 Å². The number of benzene rings is 1. The number of aromatic amines is 1. The van der Waals surface area contributed by atoms with Crippen molar-refractivity contribution in [2.75, 3.05) is 0 Å². The molecule has 3 heterocycles. The van der Waals surface area contributed by atoms with Crippen molar-refractivity contribution in [1.29, 1.82) is 0 Å². The molecule has 1 aliphatic rings. The third-order valence-electron chi connectivity index (χ3n) is 6.16. The van der Waals surface area contributed by atoms with Gasteiger partial charge < -0.3 is 0 Å². The average Bonchev–Trinajstić information content (AvgIpc) is 3.31. The summed E-state index contributed by atoms with van der Waals surface area (Å²) in [5.74, 6) is 0.283. The second-order valence-electron chi connectivity index (χ2n) is 8.22. The Morgan fingerprint density at radius 3 is 2.66 bits per heavy atom. The summed E-state index contributed by atoms with van der Waals surface area (Å²) in [7, 11) is 1.90. The lowest BCUT2D eigenvalue weighted by Crippen LogP contribution is -2.19. The SMILES string of the molecule is CCc1c(Cc2cc(-n3[nH]c4c(c3=O)CCCC4)ncn2)nn(C)c1-c1ccc(F)cc1. The van der Waals surface area contributed by atoms with Gasteiger partial charge in [-0.2, -0.15) is 5.10 Å². The Morgan fingerprint density at radius 1 is 1.12 bits per heavy atom. The van der Waals surface area contributed by atoms with Crippen LogP contribution in [0.3, 0.4) is 0 Å². The Labute approximate surface area is 184 Å². The molecule has 1 aliphatic carbocycles. The normalized spacial score (nSPS) is 13.3. The molecule has 0 amide bonds. The third kappa shape index (κ3) is 3.55. The van der Waals surface area contributed by atoms with E-state index in [1.165, 1.54) is 23.1 Å². The molecule has 0 unspecified atom stereocenters. The third-order valence-corrected chi connectivity index (χ3v) is 6.16. The van der Waals surface area contributed by atoms with E-state index in [0.29, 0.717) is 12.2 Å². The van der Waals surface area contributed by atoms with Crippen molar-refractivity contribution in [3.05, 3.63) is 81.0 Å². The molecule has 4 aromatic rings. The molecule has 7 nitrogen and oxygen atoms in total. The van der Waals surface area contributed by atoms with Gasteiger partial charge >= 0.3 is 0 Å². The minimum atomic E-state index is -0.260. The Morgan fingerprint density at radius 2 is 1.91 bits per heavy atom. The number of hydrogen-bond acceptors (Lipinski definition) is 4. The van der Waals surface area contributed by atoms with Crippen molar-refractivity contribution in [3.63, 3.8) is 0 Å². The fourth-order valence-corrected chi connectivity index (χ4v) is 4.63. The second-order valence-corrected chi connectivity index (χ2v) is 8.22. The van der Waals surface area contributed by atoms with Gasteiger partial charge in [0.05, 0.1) is 17.1 Å². The fraction of sp³-hybridized carbons (Fsp3) is 0.333. The number of nitrogens with one attached hydrogen (secondary N) is 1. The minimum absolute atomic E-state index is 0.0185. The summed E-state index contributed by atoms with van der Waals surface area (Å²) < 4.78 is 16.8. The summed E-state index contributed by atoms with van der Waals surface area (Å²) in [4.78, 5) is 21.6. The van der Waals surface area contributed by atoms with Crippen LogP contribution in [0.4, 0.5) is 4.39 Å². The monoisotopic (exact) mass is 432 g/mol. The predicted molar refractivity (Wildman–Crippen MR) is 119 cm³/mol. The highest BCUT2D eigenvalue weighted by Gasteiger charge is 2.20. The van der Waals surface area contributed by atoms with Gasteiger partial charge in [0, 0.05) is 41.9 Å². The molecule has 3 aromatic heterocycles. The maximum atomic E-state index is 13.4. The van der Waals surface area contributed by atoms with Gasteiger partial charge in [-0.05, 0) is 56.4 Å². The Bertz CT molecular complexity index is 1330. The van der Waals surface area contributed by atoms with Gasteiger partial charge in [-0.15, -0.1) is 0 Å². The first-order valence-corrected chi connectivity index (χ1v) is 11.0. The fourth-order valence-electron chi connectivity index (χ4n) is 4.63. The number of aromatic nitrogens is 6. The van der Waals surface area contributed by atoms with E-state index in [-0.39, 0.29) is 11.4 Å². The summed E-state index contributed by atoms with van der Waals surface area (Å²) in [5.41, 5.74) is 6.58. The molecule has 0 fully saturated rings. The topological polar surface area (TPSA) is 81.4 Å². The number of rotatable bonds is 5. The van der Waals surface area contributed by atoms with Crippen LogP contribution >= 0.6 is 0 Å². The van der Waals surface area contributed by atoms with Crippen molar-refractivity contribution in [1.82, 2.24) is 29.5 Å². The zero-order valence-corrected chi connectivity index (χ0v) is 18.2. The number of hydrogen-bond donors (Lipinski definition) is 1. The molecule has 0 bridgehead atoms. The zero-order valence-electron chi connectivity index (χ0n) is 18.2. The van der Waals surface area contributed by atoms with Crippen molar-refractivity contribution in [2.24, 2.45) is 7.05 Å². The van der Waals surface area contributed by atoms with E-state index in [0.717, 1.165) is 71.6 Å². The van der Waals surface area contributed by atoms with Crippen LogP contribution in [0.1, 0.15) is 48.0 Å².